The Morgan fingerprint density at radius 3 is 1.34 bits per heavy atom. The fourth-order valence-corrected chi connectivity index (χ4v) is 21.9. The van der Waals surface area contributed by atoms with E-state index in [1.807, 2.05) is 12.1 Å². The first-order chi connectivity index (χ1) is 19.6. The molecule has 0 bridgehead atoms. The second kappa shape index (κ2) is 15.2. The Morgan fingerprint density at radius 1 is 0.568 bits per heavy atom. The number of rotatable bonds is 9. The molecule has 2 heterocycles. The maximum atomic E-state index is 14.1. The summed E-state index contributed by atoms with van der Waals surface area (Å²) >= 11 is 0. The number of hydrogen-bond donors (Lipinski definition) is 0. The normalized spacial score (nSPS) is 12.4. The Balaban J connectivity index is 0.000000422. The van der Waals surface area contributed by atoms with Gasteiger partial charge in [0, 0.05) is 11.0 Å². The molecule has 7 heteroatoms. The Labute approximate surface area is 269 Å². The van der Waals surface area contributed by atoms with E-state index in [2.05, 4.69) is 110 Å². The molecular formula is C37H60F2N2OSi2. The molecule has 2 aromatic heterocycles. The highest BCUT2D eigenvalue weighted by atomic mass is 28.3. The maximum absolute atomic E-state index is 14.1. The molecular weight excluding hydrogens is 583 g/mol. The molecule has 0 unspecified atom stereocenters. The van der Waals surface area contributed by atoms with Crippen molar-refractivity contribution >= 4 is 44.6 Å². The standard InChI is InChI=1S/C18H26FNOSi.C17H26FNSi.2CH4/c1-12(2)22(13(3)4,14(5)6)20-8-7-15-9-16(11-21)17(19)10-18(15)20;1-12(2)20(13(3)4,14(5)6)19-10-9-15-7-8-16(18)11-17(15)19;;/h7-14H,1-6H3;7-14H,1-6H3;2*1H4. The summed E-state index contributed by atoms with van der Waals surface area (Å²) in [5.41, 5.74) is 5.57. The number of hydrogen-bond acceptors (Lipinski definition) is 1. The molecule has 4 rings (SSSR count). The van der Waals surface area contributed by atoms with Crippen LogP contribution >= 0.6 is 0 Å². The zero-order valence-corrected chi connectivity index (χ0v) is 29.8. The van der Waals surface area contributed by atoms with E-state index in [4.69, 9.17) is 0 Å². The number of carbonyl (C=O) groups excluding carboxylic acids is 1. The van der Waals surface area contributed by atoms with Crippen LogP contribution in [0.2, 0.25) is 33.2 Å². The largest absolute Gasteiger partial charge is 0.373 e. The monoisotopic (exact) mass is 642 g/mol. The molecule has 4 aromatic rings. The van der Waals surface area contributed by atoms with Crippen LogP contribution < -0.4 is 0 Å². The number of nitrogens with zero attached hydrogens (tertiary/aromatic N) is 2. The summed E-state index contributed by atoms with van der Waals surface area (Å²) < 4.78 is 32.6. The van der Waals surface area contributed by atoms with Gasteiger partial charge in [-0.3, -0.25) is 4.79 Å². The number of fused-ring (bicyclic) bond motifs is 2. The fraction of sp³-hybridized carbons (Fsp3) is 0.541. The van der Waals surface area contributed by atoms with E-state index in [0.717, 1.165) is 21.8 Å². The lowest BCUT2D eigenvalue weighted by Crippen LogP contribution is -2.51. The predicted molar refractivity (Wildman–Crippen MR) is 196 cm³/mol. The molecule has 3 nitrogen and oxygen atoms in total. The molecule has 44 heavy (non-hydrogen) atoms. The maximum Gasteiger partial charge on any atom is 0.169 e. The third kappa shape index (κ3) is 6.55. The molecule has 0 aliphatic rings. The van der Waals surface area contributed by atoms with Crippen molar-refractivity contribution in [3.63, 3.8) is 0 Å². The molecule has 0 saturated heterocycles. The topological polar surface area (TPSA) is 26.9 Å². The number of benzene rings is 2. The molecule has 0 fully saturated rings. The summed E-state index contributed by atoms with van der Waals surface area (Å²) in [5, 5.41) is 2.09. The van der Waals surface area contributed by atoms with Gasteiger partial charge in [-0.2, -0.15) is 0 Å². The molecule has 2 aromatic carbocycles. The first-order valence-corrected chi connectivity index (χ1v) is 20.0. The summed E-state index contributed by atoms with van der Waals surface area (Å²) in [6.07, 6.45) is 4.88. The van der Waals surface area contributed by atoms with Crippen molar-refractivity contribution < 1.29 is 13.6 Å². The van der Waals surface area contributed by atoms with Crippen LogP contribution in [0.5, 0.6) is 0 Å². The molecule has 0 atom stereocenters. The van der Waals surface area contributed by atoms with Crippen molar-refractivity contribution in [1.82, 2.24) is 8.47 Å². The fourth-order valence-electron chi connectivity index (χ4n) is 8.71. The third-order valence-electron chi connectivity index (χ3n) is 9.97. The molecule has 0 aliphatic heterocycles. The number of aromatic nitrogens is 2. The second-order valence-electron chi connectivity index (χ2n) is 13.8. The Kier molecular flexibility index (Phi) is 13.6. The van der Waals surface area contributed by atoms with Crippen molar-refractivity contribution in [2.24, 2.45) is 0 Å². The molecule has 246 valence electrons. The highest BCUT2D eigenvalue weighted by Crippen LogP contribution is 2.45. The molecule has 0 N–H and O–H groups in total. The first-order valence-electron chi connectivity index (χ1n) is 15.6. The zero-order valence-electron chi connectivity index (χ0n) is 27.8. The van der Waals surface area contributed by atoms with Gasteiger partial charge in [-0.25, -0.2) is 8.78 Å². The highest BCUT2D eigenvalue weighted by molar-refractivity contribution is 6.83. The SMILES string of the molecule is C.C.CC(C)[Si](C(C)C)(C(C)C)n1ccc2cc(C=O)c(F)cc21.CC(C)[Si](C(C)C)(C(C)C)n1ccc2ccc(F)cc21. The van der Waals surface area contributed by atoms with Crippen molar-refractivity contribution in [1.29, 1.82) is 0 Å². The van der Waals surface area contributed by atoms with Gasteiger partial charge in [-0.15, -0.1) is 0 Å². The van der Waals surface area contributed by atoms with Gasteiger partial charge in [0.25, 0.3) is 0 Å². The van der Waals surface area contributed by atoms with Gasteiger partial charge in [0.05, 0.1) is 5.56 Å². The Hall–Kier alpha value is -2.52. The lowest BCUT2D eigenvalue weighted by molar-refractivity contribution is 0.112. The highest BCUT2D eigenvalue weighted by Gasteiger charge is 2.46. The molecule has 0 saturated carbocycles. The zero-order chi connectivity index (χ0) is 31.7. The molecule has 0 spiro atoms. The number of carbonyl (C=O) groups is 1. The second-order valence-corrected chi connectivity index (χ2v) is 25.3. The summed E-state index contributed by atoms with van der Waals surface area (Å²) in [5.74, 6) is -0.571. The number of aldehydes is 1. The minimum atomic E-state index is -1.90. The van der Waals surface area contributed by atoms with E-state index in [0.29, 0.717) is 39.5 Å². The average Bonchev–Trinajstić information content (AvgIpc) is 3.48. The minimum Gasteiger partial charge on any atom is -0.373 e. The quantitative estimate of drug-likeness (QED) is 0.132. The van der Waals surface area contributed by atoms with Gasteiger partial charge in [-0.1, -0.05) is 97.9 Å². The average molecular weight is 643 g/mol. The Bertz CT molecular complexity index is 1470. The predicted octanol–water partition coefficient (Wildman–Crippen LogP) is 12.7. The lowest BCUT2D eigenvalue weighted by Gasteiger charge is -2.44. The van der Waals surface area contributed by atoms with Gasteiger partial charge in [0.15, 0.2) is 22.8 Å². The van der Waals surface area contributed by atoms with E-state index in [1.54, 1.807) is 18.2 Å². The summed E-state index contributed by atoms with van der Waals surface area (Å²) in [6, 6.07) is 12.5. The van der Waals surface area contributed by atoms with Crippen LogP contribution in [0.15, 0.2) is 54.9 Å². The molecule has 0 amide bonds. The van der Waals surface area contributed by atoms with Gasteiger partial charge in [-0.05, 0) is 98.9 Å². The van der Waals surface area contributed by atoms with Crippen LogP contribution in [0.25, 0.3) is 21.8 Å². The van der Waals surface area contributed by atoms with E-state index in [-0.39, 0.29) is 26.2 Å². The van der Waals surface area contributed by atoms with Gasteiger partial charge < -0.3 is 8.47 Å². The van der Waals surface area contributed by atoms with Crippen LogP contribution in [0.4, 0.5) is 8.78 Å². The van der Waals surface area contributed by atoms with E-state index in [1.165, 1.54) is 6.07 Å². The van der Waals surface area contributed by atoms with Crippen LogP contribution in [-0.4, -0.2) is 31.2 Å². The summed E-state index contributed by atoms with van der Waals surface area (Å²) in [6.45, 7) is 27.7. The van der Waals surface area contributed by atoms with Crippen molar-refractivity contribution in [3.05, 3.63) is 72.1 Å². The van der Waals surface area contributed by atoms with Crippen molar-refractivity contribution in [3.8, 4) is 0 Å². The van der Waals surface area contributed by atoms with E-state index < -0.39 is 22.3 Å². The van der Waals surface area contributed by atoms with Gasteiger partial charge in [0.2, 0.25) is 0 Å². The van der Waals surface area contributed by atoms with Crippen molar-refractivity contribution in [2.45, 2.75) is 131 Å². The minimum absolute atomic E-state index is 0. The first kappa shape index (κ1) is 39.5. The lowest BCUT2D eigenvalue weighted by atomic mass is 10.1. The summed E-state index contributed by atoms with van der Waals surface area (Å²) in [4.78, 5) is 11.0. The molecule has 0 radical (unpaired) electrons. The number of halogens is 2. The van der Waals surface area contributed by atoms with Crippen molar-refractivity contribution in [2.75, 3.05) is 0 Å². The van der Waals surface area contributed by atoms with Crippen LogP contribution in [0, 0.1) is 11.6 Å². The van der Waals surface area contributed by atoms with E-state index >= 15 is 0 Å². The van der Waals surface area contributed by atoms with Crippen LogP contribution in [-0.2, 0) is 0 Å². The van der Waals surface area contributed by atoms with Gasteiger partial charge in [0.1, 0.15) is 11.6 Å². The molecule has 0 aliphatic carbocycles. The van der Waals surface area contributed by atoms with Crippen LogP contribution in [0.1, 0.15) is 108 Å². The van der Waals surface area contributed by atoms with Gasteiger partial charge >= 0.3 is 0 Å². The van der Waals surface area contributed by atoms with E-state index in [9.17, 15) is 13.6 Å². The third-order valence-corrected chi connectivity index (χ3v) is 23.5. The van der Waals surface area contributed by atoms with Crippen LogP contribution in [0.3, 0.4) is 0 Å². The summed E-state index contributed by atoms with van der Waals surface area (Å²) in [7, 11) is -3.69. The smallest absolute Gasteiger partial charge is 0.169 e. The Morgan fingerprint density at radius 2 is 0.955 bits per heavy atom.